The van der Waals surface area contributed by atoms with Crippen molar-refractivity contribution >= 4 is 14.2 Å². The summed E-state index contributed by atoms with van der Waals surface area (Å²) in [5.74, 6) is -0.0882. The van der Waals surface area contributed by atoms with E-state index in [4.69, 9.17) is 5.11 Å². The lowest BCUT2D eigenvalue weighted by atomic mass is 10.1. The zero-order valence-corrected chi connectivity index (χ0v) is 13.7. The maximum atomic E-state index is 10.6. The molecule has 0 atom stereocenters. The van der Waals surface area contributed by atoms with E-state index in [0.717, 1.165) is 17.2 Å². The highest BCUT2D eigenvalue weighted by Crippen LogP contribution is 2.33. The lowest BCUT2D eigenvalue weighted by Gasteiger charge is -2.29. The minimum atomic E-state index is -1.40. The van der Waals surface area contributed by atoms with E-state index in [1.54, 1.807) is 12.1 Å². The molecule has 20 heavy (non-hydrogen) atoms. The quantitative estimate of drug-likeness (QED) is 0.465. The Bertz CT molecular complexity index is 473. The van der Waals surface area contributed by atoms with Crippen molar-refractivity contribution in [3.63, 3.8) is 0 Å². The molecule has 0 saturated heterocycles. The normalized spacial score (nSPS) is 11.4. The molecule has 0 aliphatic carbocycles. The van der Waals surface area contributed by atoms with E-state index in [1.807, 2.05) is 6.92 Å². The molecule has 0 aliphatic rings. The summed E-state index contributed by atoms with van der Waals surface area (Å²) >= 11 is 0. The zero-order valence-electron chi connectivity index (χ0n) is 12.7. The maximum absolute atomic E-state index is 10.6. The van der Waals surface area contributed by atoms with Crippen LogP contribution < -0.4 is 4.74 Å². The Hall–Kier alpha value is -1.49. The van der Waals surface area contributed by atoms with Crippen molar-refractivity contribution in [3.05, 3.63) is 23.3 Å². The molecule has 0 spiro atoms. The molecule has 2 N–H and O–H groups in total. The molecule has 1 aromatic carbocycles. The summed E-state index contributed by atoms with van der Waals surface area (Å²) in [5, 5.41) is 18.5. The predicted octanol–water partition coefficient (Wildman–Crippen LogP) is 4.35. The van der Waals surface area contributed by atoms with Crippen LogP contribution in [0.25, 0.3) is 0 Å². The summed E-state index contributed by atoms with van der Waals surface area (Å²) in [6.45, 7) is 8.66. The van der Waals surface area contributed by atoms with E-state index in [0.29, 0.717) is 0 Å². The molecule has 1 rings (SSSR count). The van der Waals surface area contributed by atoms with Gasteiger partial charge < -0.3 is 14.9 Å². The van der Waals surface area contributed by atoms with Crippen LogP contribution in [-0.2, 0) is 6.04 Å². The number of hydrogen-bond acceptors (Lipinski definition) is 3. The average molecular weight is 296 g/mol. The van der Waals surface area contributed by atoms with Gasteiger partial charge in [-0.1, -0.05) is 38.9 Å². The van der Waals surface area contributed by atoms with Crippen molar-refractivity contribution in [2.24, 2.45) is 0 Å². The Morgan fingerprint density at radius 3 is 2.20 bits per heavy atom. The molecular formula is C15H24O4Si. The number of benzene rings is 1. The number of phenols is 1. The van der Waals surface area contributed by atoms with E-state index in [2.05, 4.69) is 25.5 Å². The van der Waals surface area contributed by atoms with E-state index < -0.39 is 14.2 Å². The number of ether oxygens (including phenoxy) is 1. The van der Waals surface area contributed by atoms with Crippen molar-refractivity contribution in [1.82, 2.24) is 0 Å². The summed E-state index contributed by atoms with van der Waals surface area (Å²) in [7, 11) is -1.35. The second kappa shape index (κ2) is 6.79. The number of carbonyl (C=O) groups is 1. The second-order valence-electron chi connectivity index (χ2n) is 5.35. The molecule has 0 unspecified atom stereocenters. The Kier molecular flexibility index (Phi) is 5.62. The second-order valence-corrected chi connectivity index (χ2v) is 10.8. The lowest BCUT2D eigenvalue weighted by molar-refractivity contribution is 0.143. The van der Waals surface area contributed by atoms with Crippen LogP contribution in [0.2, 0.25) is 18.1 Å². The molecule has 0 radical (unpaired) electrons. The molecule has 5 heteroatoms. The predicted molar refractivity (Wildman–Crippen MR) is 82.4 cm³/mol. The summed E-state index contributed by atoms with van der Waals surface area (Å²) in [4.78, 5) is 10.6. The average Bonchev–Trinajstić information content (AvgIpc) is 2.40. The van der Waals surface area contributed by atoms with Gasteiger partial charge in [0.15, 0.2) is 11.5 Å². The van der Waals surface area contributed by atoms with E-state index in [9.17, 15) is 9.90 Å². The Balaban J connectivity index is 3.14. The number of aromatic hydroxyl groups is 1. The molecule has 112 valence electrons. The standard InChI is InChI=1S/C15H24O4Si/c1-5-20(6-2,7-3)10-12-9-14(19-15(17)18)13(16)8-11(12)4/h8-9,16H,5-7,10H2,1-4H3,(H,17,18). The smallest absolute Gasteiger partial charge is 0.504 e. The highest BCUT2D eigenvalue weighted by Gasteiger charge is 2.28. The lowest BCUT2D eigenvalue weighted by Crippen LogP contribution is -2.35. The van der Waals surface area contributed by atoms with Crippen molar-refractivity contribution in [3.8, 4) is 11.5 Å². The third-order valence-electron chi connectivity index (χ3n) is 4.43. The number of aryl methyl sites for hydroxylation is 1. The zero-order chi connectivity index (χ0) is 15.3. The van der Waals surface area contributed by atoms with Crippen LogP contribution in [0.15, 0.2) is 12.1 Å². The molecule has 4 nitrogen and oxygen atoms in total. The molecule has 0 aliphatic heterocycles. The summed E-state index contributed by atoms with van der Waals surface area (Å²) in [5.41, 5.74) is 2.09. The Morgan fingerprint density at radius 2 is 1.75 bits per heavy atom. The van der Waals surface area contributed by atoms with Crippen LogP contribution in [0.1, 0.15) is 31.9 Å². The van der Waals surface area contributed by atoms with Crippen molar-refractivity contribution in [2.75, 3.05) is 0 Å². The Labute approximate surface area is 121 Å². The van der Waals surface area contributed by atoms with E-state index in [1.165, 1.54) is 18.1 Å². The first-order valence-corrected chi connectivity index (χ1v) is 9.93. The van der Waals surface area contributed by atoms with Crippen LogP contribution in [0.5, 0.6) is 11.5 Å². The van der Waals surface area contributed by atoms with Crippen LogP contribution in [0.4, 0.5) is 4.79 Å². The minimum Gasteiger partial charge on any atom is -0.504 e. The van der Waals surface area contributed by atoms with Gasteiger partial charge in [0.2, 0.25) is 0 Å². The number of hydrogen-bond donors (Lipinski definition) is 2. The third-order valence-corrected chi connectivity index (χ3v) is 10.1. The van der Waals surface area contributed by atoms with Gasteiger partial charge in [-0.3, -0.25) is 0 Å². The van der Waals surface area contributed by atoms with Crippen LogP contribution >= 0.6 is 0 Å². The van der Waals surface area contributed by atoms with Crippen molar-refractivity contribution in [2.45, 2.75) is 51.9 Å². The molecule has 0 aromatic heterocycles. The van der Waals surface area contributed by atoms with Gasteiger partial charge >= 0.3 is 6.16 Å². The summed E-state index contributed by atoms with van der Waals surface area (Å²) < 4.78 is 4.64. The summed E-state index contributed by atoms with van der Waals surface area (Å²) in [6.07, 6.45) is -1.40. The fourth-order valence-corrected chi connectivity index (χ4v) is 6.05. The summed E-state index contributed by atoms with van der Waals surface area (Å²) in [6, 6.07) is 7.88. The molecule has 1 aromatic rings. The highest BCUT2D eigenvalue weighted by molar-refractivity contribution is 6.79. The largest absolute Gasteiger partial charge is 0.511 e. The molecule has 0 heterocycles. The van der Waals surface area contributed by atoms with E-state index in [-0.39, 0.29) is 11.5 Å². The van der Waals surface area contributed by atoms with Gasteiger partial charge in [-0.2, -0.15) is 0 Å². The maximum Gasteiger partial charge on any atom is 0.511 e. The van der Waals surface area contributed by atoms with Crippen LogP contribution in [0.3, 0.4) is 0 Å². The SMILES string of the molecule is CC[Si](CC)(CC)Cc1cc(OC(=O)O)c(O)cc1C. The molecular weight excluding hydrogens is 272 g/mol. The van der Waals surface area contributed by atoms with Gasteiger partial charge in [0.05, 0.1) is 8.07 Å². The first-order valence-electron chi connectivity index (χ1n) is 7.10. The van der Waals surface area contributed by atoms with Gasteiger partial charge in [-0.25, -0.2) is 4.79 Å². The van der Waals surface area contributed by atoms with Gasteiger partial charge in [-0.05, 0) is 36.2 Å². The van der Waals surface area contributed by atoms with Crippen LogP contribution in [0, 0.1) is 6.92 Å². The van der Waals surface area contributed by atoms with Crippen LogP contribution in [-0.4, -0.2) is 24.4 Å². The van der Waals surface area contributed by atoms with Crippen molar-refractivity contribution in [1.29, 1.82) is 0 Å². The highest BCUT2D eigenvalue weighted by atomic mass is 28.3. The number of carboxylic acid groups (broad SMARTS) is 1. The topological polar surface area (TPSA) is 66.8 Å². The fraction of sp³-hybridized carbons (Fsp3) is 0.533. The van der Waals surface area contributed by atoms with Gasteiger partial charge in [0.25, 0.3) is 0 Å². The number of phenolic OH excluding ortho intramolecular Hbond substituents is 1. The fourth-order valence-electron chi connectivity index (χ4n) is 2.61. The first-order chi connectivity index (χ1) is 9.37. The van der Waals surface area contributed by atoms with E-state index >= 15 is 0 Å². The molecule has 0 amide bonds. The molecule has 0 saturated carbocycles. The van der Waals surface area contributed by atoms with Gasteiger partial charge in [0, 0.05) is 0 Å². The van der Waals surface area contributed by atoms with Gasteiger partial charge in [-0.15, -0.1) is 0 Å². The first kappa shape index (κ1) is 16.6. The number of rotatable bonds is 6. The third kappa shape index (κ3) is 3.76. The molecule has 0 bridgehead atoms. The minimum absolute atomic E-state index is 0.0318. The monoisotopic (exact) mass is 296 g/mol. The van der Waals surface area contributed by atoms with Crippen molar-refractivity contribution < 1.29 is 19.7 Å². The van der Waals surface area contributed by atoms with Gasteiger partial charge in [0.1, 0.15) is 0 Å². The molecule has 0 fully saturated rings. The Morgan fingerprint density at radius 1 is 1.20 bits per heavy atom.